The summed E-state index contributed by atoms with van der Waals surface area (Å²) < 4.78 is 16.6. The fourth-order valence-electron chi connectivity index (χ4n) is 3.86. The van der Waals surface area contributed by atoms with Gasteiger partial charge in [0, 0.05) is 31.7 Å². The number of piperidine rings is 1. The lowest BCUT2D eigenvalue weighted by Gasteiger charge is -2.47. The number of ether oxygens (including phenoxy) is 3. The molecule has 168 valence electrons. The van der Waals surface area contributed by atoms with Gasteiger partial charge in [-0.1, -0.05) is 20.8 Å². The topological polar surface area (TPSA) is 77.1 Å². The van der Waals surface area contributed by atoms with Crippen LogP contribution >= 0.6 is 0 Å². The molecule has 0 aliphatic carbocycles. The maximum Gasteiger partial charge on any atom is 0.247 e. The zero-order valence-corrected chi connectivity index (χ0v) is 18.7. The van der Waals surface area contributed by atoms with Gasteiger partial charge in [-0.25, -0.2) is 0 Å². The van der Waals surface area contributed by atoms with Crippen LogP contribution in [0.5, 0.6) is 0 Å². The monoisotopic (exact) mass is 412 g/mol. The molecule has 3 rings (SSSR count). The number of nitrogens with one attached hydrogen (secondary N) is 1. The van der Waals surface area contributed by atoms with Crippen LogP contribution in [0.25, 0.3) is 0 Å². The highest BCUT2D eigenvalue weighted by Crippen LogP contribution is 2.38. The SMILES string of the molecule is CC(C)C.CC(OCC1CCOCC1)C(NC=O)C(=O)N1CCC2(CC1)COC2. The highest BCUT2D eigenvalue weighted by molar-refractivity contribution is 5.84. The molecule has 3 fully saturated rings. The first-order valence-corrected chi connectivity index (χ1v) is 11.1. The lowest BCUT2D eigenvalue weighted by atomic mass is 9.76. The van der Waals surface area contributed by atoms with Crippen molar-refractivity contribution in [3.05, 3.63) is 0 Å². The molecule has 3 heterocycles. The van der Waals surface area contributed by atoms with Gasteiger partial charge in [0.25, 0.3) is 0 Å². The second kappa shape index (κ2) is 11.9. The minimum Gasteiger partial charge on any atom is -0.381 e. The Morgan fingerprint density at radius 3 is 2.21 bits per heavy atom. The van der Waals surface area contributed by atoms with Crippen LogP contribution in [0.3, 0.4) is 0 Å². The maximum atomic E-state index is 12.9. The van der Waals surface area contributed by atoms with Gasteiger partial charge in [-0.3, -0.25) is 9.59 Å². The molecule has 3 aliphatic heterocycles. The van der Waals surface area contributed by atoms with E-state index in [1.54, 1.807) is 0 Å². The molecule has 7 heteroatoms. The number of nitrogens with zero attached hydrogens (tertiary/aromatic N) is 1. The summed E-state index contributed by atoms with van der Waals surface area (Å²) in [4.78, 5) is 25.7. The van der Waals surface area contributed by atoms with E-state index in [2.05, 4.69) is 26.1 Å². The van der Waals surface area contributed by atoms with Crippen molar-refractivity contribution < 1.29 is 23.8 Å². The summed E-state index contributed by atoms with van der Waals surface area (Å²) in [5, 5.41) is 2.67. The van der Waals surface area contributed by atoms with Gasteiger partial charge in [-0.15, -0.1) is 0 Å². The Kier molecular flexibility index (Phi) is 9.86. The quantitative estimate of drug-likeness (QED) is 0.649. The zero-order chi connectivity index (χ0) is 21.3. The lowest BCUT2D eigenvalue weighted by molar-refractivity contribution is -0.157. The third kappa shape index (κ3) is 7.54. The summed E-state index contributed by atoms with van der Waals surface area (Å²) in [7, 11) is 0. The molecule has 0 aromatic carbocycles. The van der Waals surface area contributed by atoms with E-state index in [-0.39, 0.29) is 17.4 Å². The number of carbonyl (C=O) groups excluding carboxylic acids is 2. The number of carbonyl (C=O) groups is 2. The van der Waals surface area contributed by atoms with Crippen LogP contribution in [0.15, 0.2) is 0 Å². The van der Waals surface area contributed by atoms with Crippen LogP contribution in [0, 0.1) is 17.3 Å². The summed E-state index contributed by atoms with van der Waals surface area (Å²) >= 11 is 0. The van der Waals surface area contributed by atoms with Crippen LogP contribution in [0.4, 0.5) is 0 Å². The van der Waals surface area contributed by atoms with Crippen molar-refractivity contribution in [1.29, 1.82) is 0 Å². The Bertz CT molecular complexity index is 491. The van der Waals surface area contributed by atoms with Gasteiger partial charge in [-0.2, -0.15) is 0 Å². The van der Waals surface area contributed by atoms with E-state index in [9.17, 15) is 9.59 Å². The van der Waals surface area contributed by atoms with E-state index in [4.69, 9.17) is 14.2 Å². The molecule has 2 unspecified atom stereocenters. The molecule has 3 aliphatic rings. The second-order valence-corrected chi connectivity index (χ2v) is 9.41. The highest BCUT2D eigenvalue weighted by Gasteiger charge is 2.43. The Labute approximate surface area is 175 Å². The van der Waals surface area contributed by atoms with E-state index < -0.39 is 6.04 Å². The third-order valence-electron chi connectivity index (χ3n) is 5.87. The Hall–Kier alpha value is -1.18. The summed E-state index contributed by atoms with van der Waals surface area (Å²) in [6, 6.07) is -0.621. The number of likely N-dealkylation sites (tertiary alicyclic amines) is 1. The van der Waals surface area contributed by atoms with Crippen LogP contribution < -0.4 is 5.32 Å². The van der Waals surface area contributed by atoms with Gasteiger partial charge in [0.05, 0.1) is 25.9 Å². The van der Waals surface area contributed by atoms with Crippen LogP contribution in [0.2, 0.25) is 0 Å². The molecule has 1 N–H and O–H groups in total. The molecular weight excluding hydrogens is 372 g/mol. The van der Waals surface area contributed by atoms with Crippen molar-refractivity contribution in [2.45, 2.75) is 65.5 Å². The molecule has 0 saturated carbocycles. The minimum atomic E-state index is -0.621. The van der Waals surface area contributed by atoms with Crippen LogP contribution in [0.1, 0.15) is 53.4 Å². The first-order chi connectivity index (χ1) is 13.9. The normalized spacial score (nSPS) is 23.6. The second-order valence-electron chi connectivity index (χ2n) is 9.41. The number of hydrogen-bond donors (Lipinski definition) is 1. The molecule has 0 aromatic heterocycles. The first-order valence-electron chi connectivity index (χ1n) is 11.1. The smallest absolute Gasteiger partial charge is 0.247 e. The first kappa shape index (κ1) is 24.1. The van der Waals surface area contributed by atoms with Crippen molar-refractivity contribution in [1.82, 2.24) is 10.2 Å². The van der Waals surface area contributed by atoms with Gasteiger partial charge in [0.2, 0.25) is 12.3 Å². The predicted molar refractivity (Wildman–Crippen MR) is 112 cm³/mol. The summed E-state index contributed by atoms with van der Waals surface area (Å²) in [5.74, 6) is 1.26. The van der Waals surface area contributed by atoms with Crippen molar-refractivity contribution in [2.75, 3.05) is 46.1 Å². The predicted octanol–water partition coefficient (Wildman–Crippen LogP) is 2.23. The standard InChI is InChI=1S/C18H30N2O5.C4H10/c1-14(25-10-15-2-8-23-9-3-15)16(19-13-21)17(22)20-6-4-18(5-7-20)11-24-12-18;1-4(2)3/h13-16H,2-12H2,1H3,(H,19,21);4H,1-3H3. The van der Waals surface area contributed by atoms with Crippen molar-refractivity contribution in [3.8, 4) is 0 Å². The van der Waals surface area contributed by atoms with Crippen LogP contribution in [-0.4, -0.2) is 75.5 Å². The van der Waals surface area contributed by atoms with E-state index >= 15 is 0 Å². The summed E-state index contributed by atoms with van der Waals surface area (Å²) in [5.41, 5.74) is 0.287. The van der Waals surface area contributed by atoms with E-state index in [0.29, 0.717) is 18.9 Å². The number of rotatable bonds is 7. The average molecular weight is 413 g/mol. The van der Waals surface area contributed by atoms with E-state index in [0.717, 1.165) is 71.1 Å². The highest BCUT2D eigenvalue weighted by atomic mass is 16.5. The van der Waals surface area contributed by atoms with Gasteiger partial charge in [0.15, 0.2) is 0 Å². The van der Waals surface area contributed by atoms with E-state index in [1.165, 1.54) is 0 Å². The number of amides is 2. The molecule has 0 radical (unpaired) electrons. The molecule has 1 spiro atoms. The van der Waals surface area contributed by atoms with Crippen molar-refractivity contribution in [3.63, 3.8) is 0 Å². The van der Waals surface area contributed by atoms with Gasteiger partial charge >= 0.3 is 0 Å². The minimum absolute atomic E-state index is 0.0401. The number of hydrogen-bond acceptors (Lipinski definition) is 5. The molecule has 0 bridgehead atoms. The average Bonchev–Trinajstić information content (AvgIpc) is 2.69. The molecular formula is C22H40N2O5. The molecule has 2 atom stereocenters. The third-order valence-corrected chi connectivity index (χ3v) is 5.87. The molecule has 2 amide bonds. The van der Waals surface area contributed by atoms with Gasteiger partial charge in [-0.05, 0) is 44.4 Å². The molecule has 29 heavy (non-hydrogen) atoms. The van der Waals surface area contributed by atoms with Gasteiger partial charge in [0.1, 0.15) is 6.04 Å². The van der Waals surface area contributed by atoms with Crippen LogP contribution in [-0.2, 0) is 23.8 Å². The van der Waals surface area contributed by atoms with Crippen molar-refractivity contribution >= 4 is 12.3 Å². The largest absolute Gasteiger partial charge is 0.381 e. The van der Waals surface area contributed by atoms with E-state index in [1.807, 2.05) is 11.8 Å². The zero-order valence-electron chi connectivity index (χ0n) is 18.7. The Balaban J connectivity index is 0.000000687. The summed E-state index contributed by atoms with van der Waals surface area (Å²) in [6.07, 6.45) is 4.19. The fourth-order valence-corrected chi connectivity index (χ4v) is 3.86. The summed E-state index contributed by atoms with van der Waals surface area (Å²) in [6.45, 7) is 13.6. The Morgan fingerprint density at radius 1 is 1.14 bits per heavy atom. The molecule has 0 aromatic rings. The van der Waals surface area contributed by atoms with Gasteiger partial charge < -0.3 is 24.4 Å². The lowest BCUT2D eigenvalue weighted by Crippen LogP contribution is -2.57. The fraction of sp³-hybridized carbons (Fsp3) is 0.909. The molecule has 3 saturated heterocycles. The molecule has 7 nitrogen and oxygen atoms in total. The van der Waals surface area contributed by atoms with Crippen molar-refractivity contribution in [2.24, 2.45) is 17.3 Å². The Morgan fingerprint density at radius 2 is 1.72 bits per heavy atom. The maximum absolute atomic E-state index is 12.9.